The Hall–Kier alpha value is -2.78. The molecule has 0 heterocycles. The molecule has 3 aromatic carbocycles. The Morgan fingerprint density at radius 3 is 2.17 bits per heavy atom. The molecule has 11 heteroatoms. The van der Waals surface area contributed by atoms with E-state index in [-0.39, 0.29) is 23.4 Å². The average molecular weight is 623 g/mol. The zero-order valence-corrected chi connectivity index (χ0v) is 25.0. The maximum Gasteiger partial charge on any atom is 0.264 e. The molecule has 1 atom stereocenters. The highest BCUT2D eigenvalue weighted by molar-refractivity contribution is 7.92. The van der Waals surface area contributed by atoms with E-state index >= 15 is 0 Å². The van der Waals surface area contributed by atoms with Crippen molar-refractivity contribution in [2.45, 2.75) is 56.1 Å². The predicted octanol–water partition coefficient (Wildman–Crippen LogP) is 6.32. The Morgan fingerprint density at radius 2 is 1.55 bits per heavy atom. The van der Waals surface area contributed by atoms with Crippen molar-refractivity contribution in [1.82, 2.24) is 10.2 Å². The van der Waals surface area contributed by atoms with Crippen LogP contribution in [0.3, 0.4) is 0 Å². The summed E-state index contributed by atoms with van der Waals surface area (Å²) in [6, 6.07) is 18.1. The van der Waals surface area contributed by atoms with Gasteiger partial charge in [0, 0.05) is 27.7 Å². The van der Waals surface area contributed by atoms with Gasteiger partial charge in [-0.05, 0) is 73.9 Å². The van der Waals surface area contributed by atoms with Crippen LogP contribution in [0.25, 0.3) is 0 Å². The summed E-state index contributed by atoms with van der Waals surface area (Å²) in [7, 11) is -4.17. The number of sulfonamides is 1. The monoisotopic (exact) mass is 621 g/mol. The molecule has 3 aromatic rings. The Labute approximate surface area is 250 Å². The second kappa shape index (κ2) is 13.3. The number of rotatable bonds is 10. The van der Waals surface area contributed by atoms with Gasteiger partial charge >= 0.3 is 0 Å². The average Bonchev–Trinajstić information content (AvgIpc) is 3.44. The van der Waals surface area contributed by atoms with Gasteiger partial charge in [0.25, 0.3) is 10.0 Å². The van der Waals surface area contributed by atoms with Crippen molar-refractivity contribution in [3.05, 3.63) is 93.4 Å². The molecule has 1 aliphatic carbocycles. The van der Waals surface area contributed by atoms with E-state index in [1.807, 2.05) is 0 Å². The van der Waals surface area contributed by atoms with Crippen molar-refractivity contribution in [3.63, 3.8) is 0 Å². The fourth-order valence-electron chi connectivity index (χ4n) is 4.66. The van der Waals surface area contributed by atoms with Gasteiger partial charge in [0.15, 0.2) is 0 Å². The van der Waals surface area contributed by atoms with E-state index in [1.54, 1.807) is 55.5 Å². The van der Waals surface area contributed by atoms with E-state index < -0.39 is 28.5 Å². The number of anilines is 1. The smallest absolute Gasteiger partial charge is 0.264 e. The highest BCUT2D eigenvalue weighted by Gasteiger charge is 2.33. The molecule has 2 amide bonds. The van der Waals surface area contributed by atoms with Crippen LogP contribution in [0.15, 0.2) is 77.7 Å². The number of nitrogens with zero attached hydrogens (tertiary/aromatic N) is 2. The van der Waals surface area contributed by atoms with E-state index in [2.05, 4.69) is 5.32 Å². The van der Waals surface area contributed by atoms with Crippen molar-refractivity contribution in [3.8, 4) is 0 Å². The van der Waals surface area contributed by atoms with E-state index in [1.165, 1.54) is 29.2 Å². The lowest BCUT2D eigenvalue weighted by Gasteiger charge is -2.32. The lowest BCUT2D eigenvalue weighted by atomic mass is 10.1. The van der Waals surface area contributed by atoms with Crippen LogP contribution in [0.5, 0.6) is 0 Å². The SMILES string of the molecule is C[C@H](C(=O)NC1CCCC1)N(Cc1ccc(Cl)cc1Cl)C(=O)CN(c1ccccc1)S(=O)(=O)c1ccc(Cl)cc1. The molecule has 212 valence electrons. The highest BCUT2D eigenvalue weighted by Crippen LogP contribution is 2.27. The Morgan fingerprint density at radius 1 is 0.925 bits per heavy atom. The van der Waals surface area contributed by atoms with Crippen LogP contribution in [-0.2, 0) is 26.2 Å². The lowest BCUT2D eigenvalue weighted by molar-refractivity contribution is -0.139. The van der Waals surface area contributed by atoms with Gasteiger partial charge in [-0.25, -0.2) is 8.42 Å². The molecule has 4 rings (SSSR count). The molecule has 0 aromatic heterocycles. The standard InChI is InChI=1S/C29H30Cl3N3O4S/c1-20(29(37)33-24-7-5-6-8-24)34(18-21-11-12-23(31)17-27(21)32)28(36)19-35(25-9-3-2-4-10-25)40(38,39)26-15-13-22(30)14-16-26/h2-4,9-17,20,24H,5-8,18-19H2,1H3,(H,33,37)/t20-/m1/s1. The van der Waals surface area contributed by atoms with Crippen LogP contribution in [0.2, 0.25) is 15.1 Å². The number of hydrogen-bond donors (Lipinski definition) is 1. The highest BCUT2D eigenvalue weighted by atomic mass is 35.5. The number of carbonyl (C=O) groups is 2. The van der Waals surface area contributed by atoms with Gasteiger partial charge in [0.05, 0.1) is 10.6 Å². The maximum absolute atomic E-state index is 14.0. The molecule has 0 radical (unpaired) electrons. The van der Waals surface area contributed by atoms with Crippen molar-refractivity contribution in [1.29, 1.82) is 0 Å². The molecule has 0 aliphatic heterocycles. The molecule has 1 saturated carbocycles. The first-order valence-electron chi connectivity index (χ1n) is 12.9. The molecule has 40 heavy (non-hydrogen) atoms. The molecular weight excluding hydrogens is 593 g/mol. The Bertz CT molecular complexity index is 1450. The minimum atomic E-state index is -4.17. The third-order valence-corrected chi connectivity index (χ3v) is 9.58. The number of nitrogens with one attached hydrogen (secondary N) is 1. The summed E-state index contributed by atoms with van der Waals surface area (Å²) in [4.78, 5) is 28.6. The third kappa shape index (κ3) is 7.29. The van der Waals surface area contributed by atoms with Crippen LogP contribution in [-0.4, -0.2) is 43.8 Å². The molecule has 1 aliphatic rings. The van der Waals surface area contributed by atoms with Crippen molar-refractivity contribution in [2.24, 2.45) is 0 Å². The van der Waals surface area contributed by atoms with Crippen LogP contribution in [0.4, 0.5) is 5.69 Å². The largest absolute Gasteiger partial charge is 0.352 e. The van der Waals surface area contributed by atoms with Gasteiger partial charge in [-0.15, -0.1) is 0 Å². The normalized spacial score (nSPS) is 14.5. The fourth-order valence-corrected chi connectivity index (χ4v) is 6.67. The minimum Gasteiger partial charge on any atom is -0.352 e. The van der Waals surface area contributed by atoms with Crippen molar-refractivity contribution in [2.75, 3.05) is 10.8 Å². The van der Waals surface area contributed by atoms with Crippen LogP contribution < -0.4 is 9.62 Å². The Kier molecular flexibility index (Phi) is 10.0. The summed E-state index contributed by atoms with van der Waals surface area (Å²) < 4.78 is 28.6. The third-order valence-electron chi connectivity index (χ3n) is 6.95. The summed E-state index contributed by atoms with van der Waals surface area (Å²) in [6.45, 7) is 1.07. The van der Waals surface area contributed by atoms with Gasteiger partial charge in [0.2, 0.25) is 11.8 Å². The number of halogens is 3. The number of amides is 2. The van der Waals surface area contributed by atoms with Gasteiger partial charge in [0.1, 0.15) is 12.6 Å². The van der Waals surface area contributed by atoms with Crippen molar-refractivity contribution < 1.29 is 18.0 Å². The van der Waals surface area contributed by atoms with Crippen LogP contribution in [0.1, 0.15) is 38.2 Å². The first kappa shape index (κ1) is 30.2. The number of hydrogen-bond acceptors (Lipinski definition) is 4. The van der Waals surface area contributed by atoms with Gasteiger partial charge in [-0.3, -0.25) is 13.9 Å². The van der Waals surface area contributed by atoms with Crippen LogP contribution >= 0.6 is 34.8 Å². The second-order valence-electron chi connectivity index (χ2n) is 9.72. The van der Waals surface area contributed by atoms with Gasteiger partial charge in [-0.2, -0.15) is 0 Å². The molecule has 1 fully saturated rings. The lowest BCUT2D eigenvalue weighted by Crippen LogP contribution is -2.52. The molecular formula is C29H30Cl3N3O4S. The van der Waals surface area contributed by atoms with Gasteiger partial charge in [-0.1, -0.05) is 71.9 Å². The summed E-state index contributed by atoms with van der Waals surface area (Å²) in [6.07, 6.45) is 3.85. The zero-order valence-electron chi connectivity index (χ0n) is 21.9. The topological polar surface area (TPSA) is 86.8 Å². The molecule has 1 N–H and O–H groups in total. The van der Waals surface area contributed by atoms with E-state index in [0.29, 0.717) is 26.3 Å². The number of benzene rings is 3. The molecule has 0 unspecified atom stereocenters. The molecule has 0 saturated heterocycles. The first-order chi connectivity index (χ1) is 19.1. The molecule has 7 nitrogen and oxygen atoms in total. The maximum atomic E-state index is 14.0. The second-order valence-corrected chi connectivity index (χ2v) is 12.9. The summed E-state index contributed by atoms with van der Waals surface area (Å²) >= 11 is 18.5. The zero-order chi connectivity index (χ0) is 28.9. The minimum absolute atomic E-state index is 0.0162. The molecule has 0 bridgehead atoms. The summed E-state index contributed by atoms with van der Waals surface area (Å²) in [5.41, 5.74) is 0.880. The number of para-hydroxylation sites is 1. The first-order valence-corrected chi connectivity index (χ1v) is 15.5. The molecule has 0 spiro atoms. The predicted molar refractivity (Wildman–Crippen MR) is 159 cm³/mol. The van der Waals surface area contributed by atoms with Gasteiger partial charge < -0.3 is 10.2 Å². The fraction of sp³-hybridized carbons (Fsp3) is 0.310. The van der Waals surface area contributed by atoms with Crippen LogP contribution in [0, 0.1) is 0 Å². The summed E-state index contributed by atoms with van der Waals surface area (Å²) in [5, 5.41) is 4.19. The van der Waals surface area contributed by atoms with E-state index in [4.69, 9.17) is 34.8 Å². The van der Waals surface area contributed by atoms with E-state index in [9.17, 15) is 18.0 Å². The summed E-state index contributed by atoms with van der Waals surface area (Å²) in [5.74, 6) is -0.876. The van der Waals surface area contributed by atoms with E-state index in [0.717, 1.165) is 30.0 Å². The van der Waals surface area contributed by atoms with Crippen molar-refractivity contribution >= 4 is 62.3 Å². The quantitative estimate of drug-likeness (QED) is 0.287. The Balaban J connectivity index is 1.68. The number of carbonyl (C=O) groups excluding carboxylic acids is 2.